The number of halogens is 2. The highest BCUT2D eigenvalue weighted by atomic mass is 19.3. The molecule has 21 heavy (non-hydrogen) atoms. The van der Waals surface area contributed by atoms with Crippen LogP contribution < -0.4 is 15.3 Å². The molecule has 0 spiro atoms. The van der Waals surface area contributed by atoms with Gasteiger partial charge in [0.15, 0.2) is 16.9 Å². The van der Waals surface area contributed by atoms with Crippen molar-refractivity contribution in [1.29, 1.82) is 0 Å². The predicted octanol–water partition coefficient (Wildman–Crippen LogP) is 3.99. The van der Waals surface area contributed by atoms with Crippen LogP contribution in [0, 0.1) is 0 Å². The Morgan fingerprint density at radius 3 is 2.24 bits per heavy atom. The van der Waals surface area contributed by atoms with Gasteiger partial charge in [-0.3, -0.25) is 14.7 Å². The van der Waals surface area contributed by atoms with Gasteiger partial charge < -0.3 is 4.42 Å². The molecule has 0 aliphatic carbocycles. The van der Waals surface area contributed by atoms with Gasteiger partial charge in [-0.15, -0.1) is 0 Å². The Morgan fingerprint density at radius 1 is 0.905 bits per heavy atom. The third kappa shape index (κ3) is 2.31. The number of hydrogen-bond acceptors (Lipinski definition) is 4. The quantitative estimate of drug-likeness (QED) is 0.732. The summed E-state index contributed by atoms with van der Waals surface area (Å²) in [5.74, 6) is -0.0171. The summed E-state index contributed by atoms with van der Waals surface area (Å²) in [7, 11) is 0. The second-order valence-electron chi connectivity index (χ2n) is 4.32. The summed E-state index contributed by atoms with van der Waals surface area (Å²) < 4.78 is 29.4. The van der Waals surface area contributed by atoms with E-state index in [1.54, 1.807) is 0 Å². The first-order valence-corrected chi connectivity index (χ1v) is 5.96. The molecule has 0 fully saturated rings. The van der Waals surface area contributed by atoms with Gasteiger partial charge in [-0.05, 0) is 29.8 Å². The van der Waals surface area contributed by atoms with Crippen LogP contribution in [0.4, 0.5) is 9.05 Å². The Balaban J connectivity index is 2.15. The molecule has 0 radical (unpaired) electrons. The summed E-state index contributed by atoms with van der Waals surface area (Å²) in [5.41, 5.74) is 0.789. The fourth-order valence-corrected chi connectivity index (χ4v) is 2.04. The summed E-state index contributed by atoms with van der Waals surface area (Å²) in [6.07, 6.45) is 1.26. The standard InChI is InChI=1S/C15H8F2O4/c16-20-10-3-1-9(2-4-10)13-8-19-14-7-11(21-17)5-6-12(14)15(13)18/h1-8H. The fourth-order valence-electron chi connectivity index (χ4n) is 2.04. The van der Waals surface area contributed by atoms with Gasteiger partial charge in [0.2, 0.25) is 0 Å². The van der Waals surface area contributed by atoms with E-state index in [9.17, 15) is 13.8 Å². The highest BCUT2D eigenvalue weighted by Gasteiger charge is 2.10. The minimum Gasteiger partial charge on any atom is -0.463 e. The van der Waals surface area contributed by atoms with E-state index in [4.69, 9.17) is 4.42 Å². The number of fused-ring (bicyclic) bond motifs is 1. The van der Waals surface area contributed by atoms with E-state index in [0.717, 1.165) is 0 Å². The van der Waals surface area contributed by atoms with Gasteiger partial charge in [-0.25, -0.2) is 0 Å². The molecule has 0 saturated carbocycles. The molecule has 0 amide bonds. The van der Waals surface area contributed by atoms with Crippen LogP contribution in [0.2, 0.25) is 0 Å². The Morgan fingerprint density at radius 2 is 1.57 bits per heavy atom. The number of rotatable bonds is 3. The van der Waals surface area contributed by atoms with Crippen LogP contribution in [-0.2, 0) is 0 Å². The molecule has 0 bridgehead atoms. The van der Waals surface area contributed by atoms with Crippen molar-refractivity contribution < 1.29 is 23.4 Å². The highest BCUT2D eigenvalue weighted by molar-refractivity contribution is 5.82. The minimum absolute atomic E-state index is 0.0358. The zero-order valence-corrected chi connectivity index (χ0v) is 10.5. The molecule has 0 atom stereocenters. The first-order valence-electron chi connectivity index (χ1n) is 5.96. The van der Waals surface area contributed by atoms with Gasteiger partial charge in [0, 0.05) is 15.1 Å². The average molecular weight is 290 g/mol. The van der Waals surface area contributed by atoms with Gasteiger partial charge in [-0.1, -0.05) is 12.1 Å². The summed E-state index contributed by atoms with van der Waals surface area (Å²) in [6.45, 7) is 0. The Kier molecular flexibility index (Phi) is 3.27. The molecule has 0 N–H and O–H groups in total. The molecule has 4 nitrogen and oxygen atoms in total. The Hall–Kier alpha value is -2.89. The molecule has 0 aliphatic heterocycles. The molecular weight excluding hydrogens is 282 g/mol. The van der Waals surface area contributed by atoms with E-state index >= 15 is 0 Å². The van der Waals surface area contributed by atoms with Gasteiger partial charge in [0.25, 0.3) is 0 Å². The predicted molar refractivity (Wildman–Crippen MR) is 71.4 cm³/mol. The maximum atomic E-state index is 12.4. The lowest BCUT2D eigenvalue weighted by molar-refractivity contribution is -0.00618. The molecule has 6 heteroatoms. The molecule has 3 rings (SSSR count). The molecule has 106 valence electrons. The lowest BCUT2D eigenvalue weighted by Crippen LogP contribution is -2.04. The maximum absolute atomic E-state index is 12.4. The Labute approximate surface area is 116 Å². The minimum atomic E-state index is -0.282. The topological polar surface area (TPSA) is 48.7 Å². The second kappa shape index (κ2) is 5.24. The summed E-state index contributed by atoms with van der Waals surface area (Å²) in [4.78, 5) is 19.6. The highest BCUT2D eigenvalue weighted by Crippen LogP contribution is 2.24. The monoisotopic (exact) mass is 290 g/mol. The Bertz CT molecular complexity index is 840. The van der Waals surface area contributed by atoms with Crippen molar-refractivity contribution in [2.45, 2.75) is 0 Å². The third-order valence-electron chi connectivity index (χ3n) is 3.09. The number of hydrogen-bond donors (Lipinski definition) is 0. The van der Waals surface area contributed by atoms with Crippen LogP contribution in [0.25, 0.3) is 22.1 Å². The molecule has 1 aromatic heterocycles. The molecule has 0 unspecified atom stereocenters. The van der Waals surface area contributed by atoms with Crippen molar-refractivity contribution >= 4 is 11.0 Å². The summed E-state index contributed by atoms with van der Waals surface area (Å²) >= 11 is 0. The van der Waals surface area contributed by atoms with E-state index in [1.807, 2.05) is 0 Å². The van der Waals surface area contributed by atoms with Crippen LogP contribution >= 0.6 is 0 Å². The summed E-state index contributed by atoms with van der Waals surface area (Å²) in [5, 5.41) is 0.291. The average Bonchev–Trinajstić information content (AvgIpc) is 2.55. The van der Waals surface area contributed by atoms with E-state index in [2.05, 4.69) is 9.88 Å². The largest absolute Gasteiger partial charge is 0.463 e. The molecule has 3 aromatic rings. The normalized spacial score (nSPS) is 10.6. The zero-order valence-electron chi connectivity index (χ0n) is 10.5. The van der Waals surface area contributed by atoms with Crippen LogP contribution in [-0.4, -0.2) is 0 Å². The van der Waals surface area contributed by atoms with Crippen molar-refractivity contribution in [2.24, 2.45) is 0 Å². The van der Waals surface area contributed by atoms with Crippen molar-refractivity contribution in [3.05, 3.63) is 59.0 Å². The van der Waals surface area contributed by atoms with Crippen LogP contribution in [0.3, 0.4) is 0 Å². The molecule has 2 aromatic carbocycles. The number of benzene rings is 2. The van der Waals surface area contributed by atoms with E-state index in [-0.39, 0.29) is 22.5 Å². The fraction of sp³-hybridized carbons (Fsp3) is 0. The lowest BCUT2D eigenvalue weighted by atomic mass is 10.1. The van der Waals surface area contributed by atoms with Gasteiger partial charge in [-0.2, -0.15) is 0 Å². The SMILES string of the molecule is O=c1c(-c2ccc(OF)cc2)coc2cc(OF)ccc12. The van der Waals surface area contributed by atoms with Crippen LogP contribution in [0.15, 0.2) is 57.9 Å². The molecule has 0 saturated heterocycles. The van der Waals surface area contributed by atoms with Crippen molar-refractivity contribution in [1.82, 2.24) is 0 Å². The second-order valence-corrected chi connectivity index (χ2v) is 4.32. The van der Waals surface area contributed by atoms with Gasteiger partial charge >= 0.3 is 0 Å². The van der Waals surface area contributed by atoms with Crippen LogP contribution in [0.5, 0.6) is 11.5 Å². The third-order valence-corrected chi connectivity index (χ3v) is 3.09. The zero-order chi connectivity index (χ0) is 14.8. The molecule has 1 heterocycles. The lowest BCUT2D eigenvalue weighted by Gasteiger charge is -2.03. The van der Waals surface area contributed by atoms with Gasteiger partial charge in [0.05, 0.1) is 10.9 Å². The van der Waals surface area contributed by atoms with Crippen molar-refractivity contribution in [3.63, 3.8) is 0 Å². The van der Waals surface area contributed by atoms with Crippen molar-refractivity contribution in [3.8, 4) is 22.6 Å². The smallest absolute Gasteiger partial charge is 0.200 e. The molecular formula is C15H8F2O4. The van der Waals surface area contributed by atoms with Crippen LogP contribution in [0.1, 0.15) is 0 Å². The first kappa shape index (κ1) is 13.1. The maximum Gasteiger partial charge on any atom is 0.200 e. The first-order chi connectivity index (χ1) is 10.2. The van der Waals surface area contributed by atoms with E-state index in [1.165, 1.54) is 48.7 Å². The van der Waals surface area contributed by atoms with Crippen molar-refractivity contribution in [2.75, 3.05) is 0 Å². The van der Waals surface area contributed by atoms with E-state index in [0.29, 0.717) is 16.5 Å². The van der Waals surface area contributed by atoms with E-state index < -0.39 is 0 Å². The van der Waals surface area contributed by atoms with Gasteiger partial charge in [0.1, 0.15) is 11.8 Å². The summed E-state index contributed by atoms with van der Waals surface area (Å²) in [6, 6.07) is 9.86. The molecule has 0 aliphatic rings.